The molecule has 3 nitrogen and oxygen atoms in total. The fourth-order valence-corrected chi connectivity index (χ4v) is 4.69. The third kappa shape index (κ3) is 1.60. The molecule has 1 aromatic rings. The number of anilines is 1. The minimum absolute atomic E-state index is 0.0799. The number of nitrogens with one attached hydrogen (secondary N) is 1. The second-order valence-electron chi connectivity index (χ2n) is 6.56. The zero-order valence-corrected chi connectivity index (χ0v) is 11.2. The maximum absolute atomic E-state index is 12.3. The van der Waals surface area contributed by atoms with Gasteiger partial charge in [0.2, 0.25) is 0 Å². The number of benzene rings is 1. The van der Waals surface area contributed by atoms with Crippen LogP contribution in [0.25, 0.3) is 0 Å². The Morgan fingerprint density at radius 2 is 1.95 bits per heavy atom. The molecule has 1 aromatic carbocycles. The van der Waals surface area contributed by atoms with E-state index in [9.17, 15) is 4.79 Å². The average molecular weight is 256 g/mol. The normalized spacial score (nSPS) is 38.1. The summed E-state index contributed by atoms with van der Waals surface area (Å²) >= 11 is 0. The van der Waals surface area contributed by atoms with Crippen LogP contribution < -0.4 is 11.1 Å². The Morgan fingerprint density at radius 1 is 1.26 bits per heavy atom. The van der Waals surface area contributed by atoms with Crippen molar-refractivity contribution in [3.8, 4) is 0 Å². The molecule has 0 aromatic heterocycles. The van der Waals surface area contributed by atoms with Gasteiger partial charge in [-0.25, -0.2) is 0 Å². The number of aryl methyl sites for hydroxylation is 1. The van der Waals surface area contributed by atoms with Gasteiger partial charge in [0.1, 0.15) is 0 Å². The molecule has 3 saturated carbocycles. The second kappa shape index (κ2) is 3.75. The molecule has 3 fully saturated rings. The summed E-state index contributed by atoms with van der Waals surface area (Å²) in [5.74, 6) is 3.45. The van der Waals surface area contributed by atoms with E-state index in [-0.39, 0.29) is 5.91 Å². The summed E-state index contributed by atoms with van der Waals surface area (Å²) in [4.78, 5) is 12.3. The number of rotatable bonds is 2. The highest BCUT2D eigenvalue weighted by molar-refractivity contribution is 5.96. The maximum Gasteiger partial charge on any atom is 0.251 e. The molecular weight excluding hydrogens is 236 g/mol. The molecule has 100 valence electrons. The van der Waals surface area contributed by atoms with Crippen LogP contribution in [0.1, 0.15) is 35.2 Å². The Hall–Kier alpha value is -1.51. The fraction of sp³-hybridized carbons (Fsp3) is 0.562. The first-order valence-electron chi connectivity index (χ1n) is 7.32. The van der Waals surface area contributed by atoms with Crippen molar-refractivity contribution in [2.75, 3.05) is 5.73 Å². The number of nitrogen functional groups attached to an aromatic ring is 1. The van der Waals surface area contributed by atoms with E-state index in [4.69, 9.17) is 5.73 Å². The van der Waals surface area contributed by atoms with Gasteiger partial charge in [0, 0.05) is 17.3 Å². The molecule has 3 heteroatoms. The predicted molar refractivity (Wildman–Crippen MR) is 74.7 cm³/mol. The summed E-state index contributed by atoms with van der Waals surface area (Å²) in [7, 11) is 0. The largest absolute Gasteiger partial charge is 0.399 e. The lowest BCUT2D eigenvalue weighted by Crippen LogP contribution is -2.30. The Balaban J connectivity index is 1.48. The first-order chi connectivity index (χ1) is 9.15. The lowest BCUT2D eigenvalue weighted by Gasteiger charge is -2.12. The van der Waals surface area contributed by atoms with Gasteiger partial charge in [0.15, 0.2) is 0 Å². The number of carbonyl (C=O) groups is 1. The van der Waals surface area contributed by atoms with Crippen molar-refractivity contribution >= 4 is 11.6 Å². The second-order valence-corrected chi connectivity index (χ2v) is 6.56. The monoisotopic (exact) mass is 256 g/mol. The van der Waals surface area contributed by atoms with Crippen molar-refractivity contribution in [2.45, 2.75) is 32.2 Å². The summed E-state index contributed by atoms with van der Waals surface area (Å²) in [5, 5.41) is 3.25. The Labute approximate surface area is 113 Å². The molecule has 4 atom stereocenters. The lowest BCUT2D eigenvalue weighted by atomic mass is 10.0. The molecule has 3 aliphatic rings. The van der Waals surface area contributed by atoms with Crippen LogP contribution in [-0.2, 0) is 0 Å². The lowest BCUT2D eigenvalue weighted by molar-refractivity contribution is 0.0943. The summed E-state index contributed by atoms with van der Waals surface area (Å²) in [6.07, 6.45) is 4.20. The van der Waals surface area contributed by atoms with Gasteiger partial charge < -0.3 is 11.1 Å². The first kappa shape index (κ1) is 11.3. The van der Waals surface area contributed by atoms with Gasteiger partial charge in [0.25, 0.3) is 5.91 Å². The molecule has 0 heterocycles. The smallest absolute Gasteiger partial charge is 0.251 e. The number of hydrogen-bond donors (Lipinski definition) is 2. The van der Waals surface area contributed by atoms with Crippen molar-refractivity contribution in [1.29, 1.82) is 0 Å². The standard InChI is InChI=1S/C16H20N2O/c1-8-6-11(17)4-5-12(8)16(19)18-15-13-9-2-3-10(7-9)14(13)15/h4-6,9-10,13-15H,2-3,7,17H2,1H3,(H,18,19). The van der Waals surface area contributed by atoms with Crippen molar-refractivity contribution in [3.63, 3.8) is 0 Å². The minimum atomic E-state index is 0.0799. The van der Waals surface area contributed by atoms with Crippen LogP contribution in [0.3, 0.4) is 0 Å². The Bertz CT molecular complexity index is 538. The van der Waals surface area contributed by atoms with Crippen molar-refractivity contribution < 1.29 is 4.79 Å². The Kier molecular flexibility index (Phi) is 2.23. The zero-order valence-electron chi connectivity index (χ0n) is 11.2. The SMILES string of the molecule is Cc1cc(N)ccc1C(=O)NC1C2C3CCC(C3)C12. The van der Waals surface area contributed by atoms with Gasteiger partial charge in [-0.3, -0.25) is 4.79 Å². The number of carbonyl (C=O) groups excluding carboxylic acids is 1. The van der Waals surface area contributed by atoms with Crippen molar-refractivity contribution in [2.24, 2.45) is 23.7 Å². The van der Waals surface area contributed by atoms with Crippen LogP contribution in [0.15, 0.2) is 18.2 Å². The molecular formula is C16H20N2O. The number of hydrogen-bond acceptors (Lipinski definition) is 2. The van der Waals surface area contributed by atoms with E-state index in [1.807, 2.05) is 19.1 Å². The third-order valence-corrected chi connectivity index (χ3v) is 5.53. The van der Waals surface area contributed by atoms with Crippen LogP contribution in [-0.4, -0.2) is 11.9 Å². The first-order valence-corrected chi connectivity index (χ1v) is 7.32. The topological polar surface area (TPSA) is 55.1 Å². The number of amides is 1. The van der Waals surface area contributed by atoms with Crippen LogP contribution in [0.5, 0.6) is 0 Å². The van der Waals surface area contributed by atoms with E-state index in [1.165, 1.54) is 19.3 Å². The number of nitrogens with two attached hydrogens (primary N) is 1. The fourth-order valence-electron chi connectivity index (χ4n) is 4.69. The molecule has 3 aliphatic carbocycles. The van der Waals surface area contributed by atoms with Crippen molar-refractivity contribution in [1.82, 2.24) is 5.32 Å². The molecule has 2 bridgehead atoms. The van der Waals surface area contributed by atoms with Crippen LogP contribution >= 0.6 is 0 Å². The van der Waals surface area contributed by atoms with E-state index in [0.29, 0.717) is 6.04 Å². The van der Waals surface area contributed by atoms with Gasteiger partial charge in [-0.1, -0.05) is 0 Å². The van der Waals surface area contributed by atoms with E-state index in [2.05, 4.69) is 5.32 Å². The van der Waals surface area contributed by atoms with E-state index < -0.39 is 0 Å². The summed E-state index contributed by atoms with van der Waals surface area (Å²) in [5.41, 5.74) is 8.18. The molecule has 0 aliphatic heterocycles. The average Bonchev–Trinajstić information content (AvgIpc) is 2.78. The van der Waals surface area contributed by atoms with Crippen LogP contribution in [0.4, 0.5) is 5.69 Å². The molecule has 4 unspecified atom stereocenters. The molecule has 4 rings (SSSR count). The van der Waals surface area contributed by atoms with Crippen LogP contribution in [0.2, 0.25) is 0 Å². The van der Waals surface area contributed by atoms with E-state index >= 15 is 0 Å². The van der Waals surface area contributed by atoms with Crippen LogP contribution in [0, 0.1) is 30.6 Å². The minimum Gasteiger partial charge on any atom is -0.399 e. The number of fused-ring (bicyclic) bond motifs is 5. The zero-order chi connectivity index (χ0) is 13.1. The summed E-state index contributed by atoms with van der Waals surface area (Å²) in [6, 6.07) is 5.97. The van der Waals surface area contributed by atoms with Gasteiger partial charge >= 0.3 is 0 Å². The van der Waals surface area contributed by atoms with E-state index in [1.54, 1.807) is 6.07 Å². The highest BCUT2D eigenvalue weighted by Gasteiger charge is 2.65. The van der Waals surface area contributed by atoms with Gasteiger partial charge in [-0.2, -0.15) is 0 Å². The van der Waals surface area contributed by atoms with Gasteiger partial charge in [-0.05, 0) is 73.6 Å². The van der Waals surface area contributed by atoms with Crippen molar-refractivity contribution in [3.05, 3.63) is 29.3 Å². The molecule has 0 saturated heterocycles. The quantitative estimate of drug-likeness (QED) is 0.798. The van der Waals surface area contributed by atoms with Gasteiger partial charge in [-0.15, -0.1) is 0 Å². The molecule has 0 spiro atoms. The summed E-state index contributed by atoms with van der Waals surface area (Å²) < 4.78 is 0. The predicted octanol–water partition coefficient (Wildman–Crippen LogP) is 2.35. The van der Waals surface area contributed by atoms with E-state index in [0.717, 1.165) is 40.5 Å². The molecule has 1 amide bonds. The highest BCUT2D eigenvalue weighted by atomic mass is 16.1. The van der Waals surface area contributed by atoms with Gasteiger partial charge in [0.05, 0.1) is 0 Å². The molecule has 3 N–H and O–H groups in total. The molecule has 19 heavy (non-hydrogen) atoms. The summed E-state index contributed by atoms with van der Waals surface area (Å²) in [6.45, 7) is 1.95. The Morgan fingerprint density at radius 3 is 2.58 bits per heavy atom. The molecule has 0 radical (unpaired) electrons. The third-order valence-electron chi connectivity index (χ3n) is 5.53. The maximum atomic E-state index is 12.3. The highest BCUT2D eigenvalue weighted by Crippen LogP contribution is 2.65.